The van der Waals surface area contributed by atoms with Crippen molar-refractivity contribution in [3.05, 3.63) is 0 Å². The number of alkyl carbamates (subject to hydrolysis) is 1. The van der Waals surface area contributed by atoms with Crippen LogP contribution in [-0.2, 0) is 33.3 Å². The van der Waals surface area contributed by atoms with Gasteiger partial charge in [-0.2, -0.15) is 0 Å². The lowest BCUT2D eigenvalue weighted by Gasteiger charge is -2.22. The predicted octanol–water partition coefficient (Wildman–Crippen LogP) is 2.89. The molecule has 2 atom stereocenters. The van der Waals surface area contributed by atoms with Gasteiger partial charge in [-0.05, 0) is 40.5 Å². The lowest BCUT2D eigenvalue weighted by Crippen LogP contribution is -2.44. The maximum atomic E-state index is 12.3. The second-order valence-corrected chi connectivity index (χ2v) is 7.59. The van der Waals surface area contributed by atoms with E-state index >= 15 is 0 Å². The Morgan fingerprint density at radius 1 is 0.897 bits per heavy atom. The van der Waals surface area contributed by atoms with Crippen LogP contribution in [-0.4, -0.2) is 55.0 Å². The van der Waals surface area contributed by atoms with Gasteiger partial charge in [0.25, 0.3) is 0 Å². The van der Waals surface area contributed by atoms with Crippen molar-refractivity contribution in [2.45, 2.75) is 91.4 Å². The Kier molecular flexibility index (Phi) is 12.7. The lowest BCUT2D eigenvalue weighted by molar-refractivity contribution is -0.172. The topological polar surface area (TPSA) is 117 Å². The van der Waals surface area contributed by atoms with Crippen LogP contribution in [0.1, 0.15) is 73.6 Å². The molecule has 0 aliphatic carbocycles. The second-order valence-electron chi connectivity index (χ2n) is 7.59. The summed E-state index contributed by atoms with van der Waals surface area (Å²) in [7, 11) is 0. The number of carbonyl (C=O) groups excluding carboxylic acids is 4. The van der Waals surface area contributed by atoms with Crippen LogP contribution in [0.25, 0.3) is 0 Å². The molecule has 29 heavy (non-hydrogen) atoms. The zero-order valence-electron chi connectivity index (χ0n) is 18.4. The number of rotatable bonds is 12. The molecule has 0 saturated carbocycles. The minimum absolute atomic E-state index is 0.153. The first-order valence-electron chi connectivity index (χ1n) is 10.0. The summed E-state index contributed by atoms with van der Waals surface area (Å²) in [6.45, 7) is 10.7. The number of nitrogens with one attached hydrogen (secondary N) is 1. The average molecular weight is 417 g/mol. The number of hydrogen-bond acceptors (Lipinski definition) is 8. The molecule has 0 saturated heterocycles. The molecule has 0 radical (unpaired) electrons. The summed E-state index contributed by atoms with van der Waals surface area (Å²) >= 11 is 0. The molecule has 0 aliphatic rings. The Morgan fingerprint density at radius 2 is 1.45 bits per heavy atom. The van der Waals surface area contributed by atoms with E-state index in [9.17, 15) is 19.2 Å². The maximum Gasteiger partial charge on any atom is 0.408 e. The summed E-state index contributed by atoms with van der Waals surface area (Å²) < 4.78 is 20.3. The molecule has 168 valence electrons. The third-order valence-corrected chi connectivity index (χ3v) is 3.46. The molecule has 0 aromatic rings. The van der Waals surface area contributed by atoms with Gasteiger partial charge >= 0.3 is 24.0 Å². The largest absolute Gasteiger partial charge is 0.466 e. The van der Waals surface area contributed by atoms with Crippen LogP contribution in [0.4, 0.5) is 4.79 Å². The van der Waals surface area contributed by atoms with Crippen molar-refractivity contribution in [2.24, 2.45) is 0 Å². The highest BCUT2D eigenvalue weighted by atomic mass is 16.6. The zero-order chi connectivity index (χ0) is 22.4. The van der Waals surface area contributed by atoms with E-state index in [-0.39, 0.29) is 13.2 Å². The third kappa shape index (κ3) is 13.5. The van der Waals surface area contributed by atoms with Crippen molar-refractivity contribution >= 4 is 24.0 Å². The van der Waals surface area contributed by atoms with Crippen LogP contribution in [0.2, 0.25) is 0 Å². The molecule has 1 N–H and O–H groups in total. The van der Waals surface area contributed by atoms with Crippen molar-refractivity contribution in [3.63, 3.8) is 0 Å². The van der Waals surface area contributed by atoms with Crippen LogP contribution in [0.15, 0.2) is 0 Å². The first-order valence-corrected chi connectivity index (χ1v) is 10.0. The van der Waals surface area contributed by atoms with E-state index in [1.807, 2.05) is 13.8 Å². The Hall–Kier alpha value is -2.32. The summed E-state index contributed by atoms with van der Waals surface area (Å²) in [6.07, 6.45) is 0.281. The fourth-order valence-corrected chi connectivity index (χ4v) is 1.91. The first-order chi connectivity index (χ1) is 13.5. The average Bonchev–Trinajstić information content (AvgIpc) is 2.59. The van der Waals surface area contributed by atoms with E-state index in [1.165, 1.54) is 6.92 Å². The maximum absolute atomic E-state index is 12.3. The molecule has 0 spiro atoms. The fourth-order valence-electron chi connectivity index (χ4n) is 1.91. The molecule has 9 nitrogen and oxygen atoms in total. The normalized spacial score (nSPS) is 13.0. The Labute approximate surface area is 172 Å². The summed E-state index contributed by atoms with van der Waals surface area (Å²) in [6, 6.07) is -1.09. The van der Waals surface area contributed by atoms with Gasteiger partial charge in [0, 0.05) is 0 Å². The molecule has 0 unspecified atom stereocenters. The zero-order valence-corrected chi connectivity index (χ0v) is 18.4. The van der Waals surface area contributed by atoms with E-state index in [4.69, 9.17) is 18.9 Å². The number of hydrogen-bond donors (Lipinski definition) is 1. The van der Waals surface area contributed by atoms with Crippen molar-refractivity contribution in [1.82, 2.24) is 5.32 Å². The standard InChI is InChI=1S/C20H35NO8/c1-7-9-11-26-16(22)13-15(18(24)27-12-10-8-2)28-17(23)14(3)21-19(25)29-20(4,5)6/h14-15H,7-13H2,1-6H3,(H,21,25)/t14-,15+/m0/s1. The van der Waals surface area contributed by atoms with Gasteiger partial charge in [-0.15, -0.1) is 0 Å². The molecule has 0 fully saturated rings. The number of unbranched alkanes of at least 4 members (excludes halogenated alkanes) is 2. The van der Waals surface area contributed by atoms with Gasteiger partial charge in [0.15, 0.2) is 0 Å². The fraction of sp³-hybridized carbons (Fsp3) is 0.800. The van der Waals surface area contributed by atoms with Crippen molar-refractivity contribution in [3.8, 4) is 0 Å². The summed E-state index contributed by atoms with van der Waals surface area (Å²) in [5.74, 6) is -2.39. The number of carbonyl (C=O) groups is 4. The van der Waals surface area contributed by atoms with E-state index in [2.05, 4.69) is 5.32 Å². The van der Waals surface area contributed by atoms with Crippen molar-refractivity contribution in [1.29, 1.82) is 0 Å². The number of ether oxygens (including phenoxy) is 4. The molecule has 0 aromatic carbocycles. The monoisotopic (exact) mass is 417 g/mol. The first kappa shape index (κ1) is 26.7. The smallest absolute Gasteiger partial charge is 0.408 e. The Bertz CT molecular complexity index is 541. The molecule has 1 amide bonds. The third-order valence-electron chi connectivity index (χ3n) is 3.46. The number of esters is 3. The summed E-state index contributed by atoms with van der Waals surface area (Å²) in [4.78, 5) is 48.2. The van der Waals surface area contributed by atoms with Gasteiger partial charge in [0.05, 0.1) is 19.6 Å². The predicted molar refractivity (Wildman–Crippen MR) is 105 cm³/mol. The molecule has 0 heterocycles. The minimum atomic E-state index is -1.45. The Morgan fingerprint density at radius 3 is 1.97 bits per heavy atom. The molecule has 0 aromatic heterocycles. The van der Waals surface area contributed by atoms with Crippen LogP contribution in [0.5, 0.6) is 0 Å². The van der Waals surface area contributed by atoms with Crippen molar-refractivity contribution < 1.29 is 38.1 Å². The quantitative estimate of drug-likeness (QED) is 0.293. The second kappa shape index (κ2) is 13.8. The lowest BCUT2D eigenvalue weighted by atomic mass is 10.2. The van der Waals surface area contributed by atoms with E-state index in [1.54, 1.807) is 20.8 Å². The van der Waals surface area contributed by atoms with Gasteiger partial charge < -0.3 is 24.3 Å². The highest BCUT2D eigenvalue weighted by Crippen LogP contribution is 2.09. The molecule has 9 heteroatoms. The number of amides is 1. The van der Waals surface area contributed by atoms with E-state index in [0.29, 0.717) is 12.8 Å². The van der Waals surface area contributed by atoms with Crippen LogP contribution in [0, 0.1) is 0 Å². The van der Waals surface area contributed by atoms with Crippen molar-refractivity contribution in [2.75, 3.05) is 13.2 Å². The Balaban J connectivity index is 4.88. The molecular formula is C20H35NO8. The van der Waals surface area contributed by atoms with Gasteiger partial charge in [-0.1, -0.05) is 26.7 Å². The van der Waals surface area contributed by atoms with Gasteiger partial charge in [-0.3, -0.25) is 4.79 Å². The van der Waals surface area contributed by atoms with Gasteiger partial charge in [0.2, 0.25) is 6.10 Å². The molecule has 0 aliphatic heterocycles. The van der Waals surface area contributed by atoms with Crippen LogP contribution >= 0.6 is 0 Å². The van der Waals surface area contributed by atoms with Gasteiger partial charge in [0.1, 0.15) is 11.6 Å². The van der Waals surface area contributed by atoms with E-state index in [0.717, 1.165) is 12.8 Å². The summed E-state index contributed by atoms with van der Waals surface area (Å²) in [5.41, 5.74) is -0.735. The summed E-state index contributed by atoms with van der Waals surface area (Å²) in [5, 5.41) is 2.32. The van der Waals surface area contributed by atoms with E-state index < -0.39 is 48.2 Å². The molecule has 0 bridgehead atoms. The van der Waals surface area contributed by atoms with Crippen LogP contribution < -0.4 is 5.32 Å². The van der Waals surface area contributed by atoms with Gasteiger partial charge in [-0.25, -0.2) is 14.4 Å². The SMILES string of the molecule is CCCCOC(=O)C[C@@H](OC(=O)[C@H](C)NC(=O)OC(C)(C)C)C(=O)OCCCC. The molecular weight excluding hydrogens is 382 g/mol. The molecule has 0 rings (SSSR count). The highest BCUT2D eigenvalue weighted by Gasteiger charge is 2.31. The minimum Gasteiger partial charge on any atom is -0.466 e. The van der Waals surface area contributed by atoms with Crippen LogP contribution in [0.3, 0.4) is 0 Å². The highest BCUT2D eigenvalue weighted by molar-refractivity contribution is 5.87.